The molecule has 25 heavy (non-hydrogen) atoms. The quantitative estimate of drug-likeness (QED) is 0.709. The summed E-state index contributed by atoms with van der Waals surface area (Å²) >= 11 is 1.23. The normalized spacial score (nSPS) is 11.2. The second-order valence-electron chi connectivity index (χ2n) is 5.65. The molecule has 3 aromatic heterocycles. The molecule has 0 atom stereocenters. The zero-order chi connectivity index (χ0) is 18.0. The fraction of sp³-hybridized carbons (Fsp3) is 0.375. The maximum absolute atomic E-state index is 12.6. The number of ether oxygens (including phenoxy) is 1. The molecule has 9 heteroatoms. The highest BCUT2D eigenvalue weighted by molar-refractivity contribution is 7.20. The van der Waals surface area contributed by atoms with E-state index in [0.717, 1.165) is 5.69 Å². The molecule has 0 spiro atoms. The number of amides is 1. The minimum Gasteiger partial charge on any atom is -0.383 e. The average Bonchev–Trinajstić information content (AvgIpc) is 3.18. The van der Waals surface area contributed by atoms with Crippen LogP contribution in [0.3, 0.4) is 0 Å². The van der Waals surface area contributed by atoms with E-state index in [4.69, 9.17) is 4.74 Å². The third-order valence-electron chi connectivity index (χ3n) is 3.98. The van der Waals surface area contributed by atoms with Crippen LogP contribution in [0.5, 0.6) is 0 Å². The Hall–Kier alpha value is -2.52. The van der Waals surface area contributed by atoms with Crippen LogP contribution in [-0.4, -0.2) is 38.7 Å². The van der Waals surface area contributed by atoms with Crippen molar-refractivity contribution in [2.45, 2.75) is 20.0 Å². The van der Waals surface area contributed by atoms with Crippen LogP contribution in [0.25, 0.3) is 10.2 Å². The van der Waals surface area contributed by atoms with Crippen molar-refractivity contribution in [1.82, 2.24) is 24.4 Å². The lowest BCUT2D eigenvalue weighted by Crippen LogP contribution is -2.24. The average molecular weight is 361 g/mol. The summed E-state index contributed by atoms with van der Waals surface area (Å²) in [6.45, 7) is 3.37. The molecule has 0 aromatic carbocycles. The summed E-state index contributed by atoms with van der Waals surface area (Å²) in [6.07, 6.45) is 4.89. The van der Waals surface area contributed by atoms with Crippen LogP contribution < -0.4 is 10.9 Å². The number of fused-ring (bicyclic) bond motifs is 1. The minimum atomic E-state index is -0.220. The van der Waals surface area contributed by atoms with Gasteiger partial charge in [0.05, 0.1) is 41.8 Å². The van der Waals surface area contributed by atoms with Crippen LogP contribution in [0.2, 0.25) is 0 Å². The maximum atomic E-state index is 12.6. The van der Waals surface area contributed by atoms with E-state index in [-0.39, 0.29) is 11.5 Å². The van der Waals surface area contributed by atoms with Gasteiger partial charge in [-0.1, -0.05) is 0 Å². The van der Waals surface area contributed by atoms with Crippen molar-refractivity contribution in [2.24, 2.45) is 7.05 Å². The van der Waals surface area contributed by atoms with Crippen molar-refractivity contribution in [3.8, 4) is 0 Å². The molecule has 0 saturated carbocycles. The van der Waals surface area contributed by atoms with Gasteiger partial charge in [-0.25, -0.2) is 9.97 Å². The summed E-state index contributed by atoms with van der Waals surface area (Å²) in [6, 6.07) is 0. The standard InChI is InChI=1S/C16H19N5O3S/c1-10-12-15(19-9-20(2)16(12)23)25-13(10)14(22)18-7-11-6-17-8-21(11)4-5-24-3/h6,8-9H,4-5,7H2,1-3H3,(H,18,22). The number of thiophene rings is 1. The number of rotatable bonds is 6. The minimum absolute atomic E-state index is 0.143. The Bertz CT molecular complexity index is 972. The molecule has 3 aromatic rings. The Balaban J connectivity index is 1.79. The van der Waals surface area contributed by atoms with E-state index in [9.17, 15) is 9.59 Å². The number of carbonyl (C=O) groups excluding carboxylic acids is 1. The number of hydrogen-bond acceptors (Lipinski definition) is 6. The summed E-state index contributed by atoms with van der Waals surface area (Å²) in [4.78, 5) is 34.2. The molecule has 1 N–H and O–H groups in total. The fourth-order valence-corrected chi connectivity index (χ4v) is 3.62. The highest BCUT2D eigenvalue weighted by Crippen LogP contribution is 2.26. The van der Waals surface area contributed by atoms with Crippen molar-refractivity contribution >= 4 is 27.5 Å². The van der Waals surface area contributed by atoms with Crippen molar-refractivity contribution < 1.29 is 9.53 Å². The van der Waals surface area contributed by atoms with Gasteiger partial charge in [0, 0.05) is 26.9 Å². The molecular formula is C16H19N5O3S. The van der Waals surface area contributed by atoms with Gasteiger partial charge in [0.1, 0.15) is 4.83 Å². The zero-order valence-corrected chi connectivity index (χ0v) is 15.1. The fourth-order valence-electron chi connectivity index (χ4n) is 2.56. The third kappa shape index (κ3) is 3.33. The van der Waals surface area contributed by atoms with Crippen LogP contribution >= 0.6 is 11.3 Å². The van der Waals surface area contributed by atoms with Crippen LogP contribution in [0.1, 0.15) is 20.9 Å². The Labute approximate surface area is 148 Å². The predicted molar refractivity (Wildman–Crippen MR) is 94.9 cm³/mol. The Morgan fingerprint density at radius 3 is 2.96 bits per heavy atom. The summed E-state index contributed by atoms with van der Waals surface area (Å²) in [5, 5.41) is 3.39. The molecular weight excluding hydrogens is 342 g/mol. The molecule has 0 saturated heterocycles. The Kier molecular flexibility index (Phi) is 4.95. The van der Waals surface area contributed by atoms with Crippen molar-refractivity contribution in [3.63, 3.8) is 0 Å². The van der Waals surface area contributed by atoms with E-state index < -0.39 is 0 Å². The summed E-state index contributed by atoms with van der Waals surface area (Å²) in [5.41, 5.74) is 1.41. The van der Waals surface area contributed by atoms with Crippen molar-refractivity contribution in [2.75, 3.05) is 13.7 Å². The first-order chi connectivity index (χ1) is 12.0. The Morgan fingerprint density at radius 2 is 2.20 bits per heavy atom. The number of carbonyl (C=O) groups is 1. The first kappa shape index (κ1) is 17.3. The first-order valence-electron chi connectivity index (χ1n) is 7.73. The van der Waals surface area contributed by atoms with Gasteiger partial charge in [0.15, 0.2) is 0 Å². The van der Waals surface area contributed by atoms with Crippen LogP contribution in [0.4, 0.5) is 0 Å². The highest BCUT2D eigenvalue weighted by atomic mass is 32.1. The maximum Gasteiger partial charge on any atom is 0.262 e. The molecule has 1 amide bonds. The van der Waals surface area contributed by atoms with Gasteiger partial charge in [-0.2, -0.15) is 0 Å². The number of imidazole rings is 1. The summed E-state index contributed by atoms with van der Waals surface area (Å²) in [5.74, 6) is -0.220. The molecule has 3 rings (SSSR count). The van der Waals surface area contributed by atoms with Gasteiger partial charge in [-0.3, -0.25) is 9.59 Å². The SMILES string of the molecule is COCCn1cncc1CNC(=O)c1sc2ncn(C)c(=O)c2c1C. The second-order valence-corrected chi connectivity index (χ2v) is 6.65. The topological polar surface area (TPSA) is 91.0 Å². The van der Waals surface area contributed by atoms with Gasteiger partial charge >= 0.3 is 0 Å². The molecule has 0 aliphatic carbocycles. The molecule has 0 bridgehead atoms. The van der Waals surface area contributed by atoms with E-state index in [0.29, 0.717) is 40.4 Å². The Morgan fingerprint density at radius 1 is 1.40 bits per heavy atom. The van der Waals surface area contributed by atoms with Gasteiger partial charge < -0.3 is 19.2 Å². The van der Waals surface area contributed by atoms with Gasteiger partial charge in [-0.15, -0.1) is 11.3 Å². The number of nitrogens with zero attached hydrogens (tertiary/aromatic N) is 4. The predicted octanol–water partition coefficient (Wildman–Crippen LogP) is 1.08. The number of nitrogens with one attached hydrogen (secondary N) is 1. The number of hydrogen-bond donors (Lipinski definition) is 1. The third-order valence-corrected chi connectivity index (χ3v) is 5.18. The van der Waals surface area contributed by atoms with Crippen LogP contribution in [0, 0.1) is 6.92 Å². The van der Waals surface area contributed by atoms with E-state index in [1.54, 1.807) is 33.6 Å². The molecule has 0 aliphatic heterocycles. The van der Waals surface area contributed by atoms with Crippen molar-refractivity contribution in [3.05, 3.63) is 45.3 Å². The lowest BCUT2D eigenvalue weighted by atomic mass is 10.2. The largest absolute Gasteiger partial charge is 0.383 e. The molecule has 0 aliphatic rings. The van der Waals surface area contributed by atoms with E-state index in [1.165, 1.54) is 22.2 Å². The van der Waals surface area contributed by atoms with Gasteiger partial charge in [-0.05, 0) is 12.5 Å². The smallest absolute Gasteiger partial charge is 0.262 e. The summed E-state index contributed by atoms with van der Waals surface area (Å²) in [7, 11) is 3.29. The van der Waals surface area contributed by atoms with E-state index >= 15 is 0 Å². The summed E-state index contributed by atoms with van der Waals surface area (Å²) < 4.78 is 8.41. The van der Waals surface area contributed by atoms with Gasteiger partial charge in [0.2, 0.25) is 0 Å². The van der Waals surface area contributed by atoms with E-state index in [2.05, 4.69) is 15.3 Å². The molecule has 0 radical (unpaired) electrons. The lowest BCUT2D eigenvalue weighted by molar-refractivity contribution is 0.0953. The number of aromatic nitrogens is 4. The van der Waals surface area contributed by atoms with Crippen LogP contribution in [0.15, 0.2) is 23.6 Å². The number of methoxy groups -OCH3 is 1. The molecule has 0 unspecified atom stereocenters. The second kappa shape index (κ2) is 7.16. The zero-order valence-electron chi connectivity index (χ0n) is 14.3. The molecule has 8 nitrogen and oxygen atoms in total. The molecule has 0 fully saturated rings. The van der Waals surface area contributed by atoms with Crippen LogP contribution in [-0.2, 0) is 24.9 Å². The number of aryl methyl sites for hydroxylation is 2. The van der Waals surface area contributed by atoms with Gasteiger partial charge in [0.25, 0.3) is 11.5 Å². The molecule has 132 valence electrons. The lowest BCUT2D eigenvalue weighted by Gasteiger charge is -2.08. The molecule has 3 heterocycles. The first-order valence-corrected chi connectivity index (χ1v) is 8.55. The van der Waals surface area contributed by atoms with E-state index in [1.807, 2.05) is 4.57 Å². The highest BCUT2D eigenvalue weighted by Gasteiger charge is 2.19. The van der Waals surface area contributed by atoms with Crippen molar-refractivity contribution in [1.29, 1.82) is 0 Å². The monoisotopic (exact) mass is 361 g/mol.